The second-order valence-electron chi connectivity index (χ2n) is 5.74. The van der Waals surface area contributed by atoms with Gasteiger partial charge in [-0.2, -0.15) is 0 Å². The van der Waals surface area contributed by atoms with E-state index in [0.29, 0.717) is 13.1 Å². The fourth-order valence-corrected chi connectivity index (χ4v) is 2.85. The Morgan fingerprint density at radius 1 is 1.26 bits per heavy atom. The lowest BCUT2D eigenvalue weighted by atomic mass is 9.93. The summed E-state index contributed by atoms with van der Waals surface area (Å²) >= 11 is 0. The van der Waals surface area contributed by atoms with Crippen LogP contribution in [0.15, 0.2) is 30.3 Å². The number of hydrogen-bond donors (Lipinski definition) is 0. The first-order valence-electron chi connectivity index (χ1n) is 7.84. The SMILES string of the molecule is CC[C@@H]1CN(C(=O)OCc2ccccc2)CC1C(=O)N(C)OC. The highest BCUT2D eigenvalue weighted by molar-refractivity contribution is 5.80. The first-order valence-corrected chi connectivity index (χ1v) is 7.84. The summed E-state index contributed by atoms with van der Waals surface area (Å²) in [6.07, 6.45) is 0.457. The fourth-order valence-electron chi connectivity index (χ4n) is 2.85. The third kappa shape index (κ3) is 4.22. The molecule has 6 nitrogen and oxygen atoms in total. The molecule has 1 aliphatic rings. The van der Waals surface area contributed by atoms with Crippen LogP contribution in [-0.2, 0) is 21.0 Å². The van der Waals surface area contributed by atoms with Gasteiger partial charge in [0, 0.05) is 20.1 Å². The molecular formula is C17H24N2O4. The first kappa shape index (κ1) is 17.3. The molecule has 6 heteroatoms. The molecule has 2 rings (SSSR count). The van der Waals surface area contributed by atoms with Crippen molar-refractivity contribution in [3.05, 3.63) is 35.9 Å². The number of carbonyl (C=O) groups is 2. The van der Waals surface area contributed by atoms with E-state index in [1.165, 1.54) is 12.2 Å². The molecule has 1 saturated heterocycles. The maximum absolute atomic E-state index is 12.3. The lowest BCUT2D eigenvalue weighted by Gasteiger charge is -2.21. The molecule has 23 heavy (non-hydrogen) atoms. The summed E-state index contributed by atoms with van der Waals surface area (Å²) in [5.74, 6) is -0.212. The van der Waals surface area contributed by atoms with Gasteiger partial charge in [0.25, 0.3) is 5.91 Å². The van der Waals surface area contributed by atoms with Crippen LogP contribution in [0, 0.1) is 11.8 Å². The van der Waals surface area contributed by atoms with Crippen LogP contribution in [0.25, 0.3) is 0 Å². The maximum Gasteiger partial charge on any atom is 0.410 e. The molecule has 1 heterocycles. The minimum Gasteiger partial charge on any atom is -0.445 e. The Labute approximate surface area is 136 Å². The van der Waals surface area contributed by atoms with Gasteiger partial charge in [-0.25, -0.2) is 9.86 Å². The summed E-state index contributed by atoms with van der Waals surface area (Å²) in [5.41, 5.74) is 0.943. The Kier molecular flexibility index (Phi) is 5.98. The predicted molar refractivity (Wildman–Crippen MR) is 85.3 cm³/mol. The standard InChI is InChI=1S/C17H24N2O4/c1-4-14-10-19(11-15(14)16(20)18(2)22-3)17(21)23-12-13-8-6-5-7-9-13/h5-9,14-15H,4,10-12H2,1-3H3/t14-,15?/m1/s1. The highest BCUT2D eigenvalue weighted by Crippen LogP contribution is 2.28. The lowest BCUT2D eigenvalue weighted by molar-refractivity contribution is -0.174. The molecule has 0 spiro atoms. The Hall–Kier alpha value is -2.08. The van der Waals surface area contributed by atoms with Crippen molar-refractivity contribution in [1.82, 2.24) is 9.96 Å². The van der Waals surface area contributed by atoms with E-state index in [9.17, 15) is 9.59 Å². The van der Waals surface area contributed by atoms with E-state index in [2.05, 4.69) is 0 Å². The molecule has 1 aromatic rings. The summed E-state index contributed by atoms with van der Waals surface area (Å²) in [5, 5.41) is 1.23. The van der Waals surface area contributed by atoms with Gasteiger partial charge in [0.2, 0.25) is 0 Å². The van der Waals surface area contributed by atoms with Crippen LogP contribution < -0.4 is 0 Å². The monoisotopic (exact) mass is 320 g/mol. The largest absolute Gasteiger partial charge is 0.445 e. The Bertz CT molecular complexity index is 535. The van der Waals surface area contributed by atoms with Gasteiger partial charge in [0.05, 0.1) is 13.0 Å². The van der Waals surface area contributed by atoms with Gasteiger partial charge in [-0.15, -0.1) is 0 Å². The van der Waals surface area contributed by atoms with Crippen molar-refractivity contribution in [2.75, 3.05) is 27.2 Å². The Balaban J connectivity index is 1.93. The van der Waals surface area contributed by atoms with Crippen LogP contribution in [0.1, 0.15) is 18.9 Å². The van der Waals surface area contributed by atoms with Gasteiger partial charge in [0.1, 0.15) is 6.61 Å². The number of rotatable bonds is 5. The molecule has 0 aliphatic carbocycles. The number of amides is 2. The van der Waals surface area contributed by atoms with E-state index in [1.807, 2.05) is 37.3 Å². The van der Waals surface area contributed by atoms with Crippen molar-refractivity contribution < 1.29 is 19.2 Å². The highest BCUT2D eigenvalue weighted by Gasteiger charge is 2.40. The zero-order valence-electron chi connectivity index (χ0n) is 13.9. The minimum absolute atomic E-state index is 0.0993. The van der Waals surface area contributed by atoms with Crippen LogP contribution >= 0.6 is 0 Å². The topological polar surface area (TPSA) is 59.1 Å². The van der Waals surface area contributed by atoms with Crippen molar-refractivity contribution in [2.45, 2.75) is 20.0 Å². The van der Waals surface area contributed by atoms with Crippen LogP contribution in [0.5, 0.6) is 0 Å². The van der Waals surface area contributed by atoms with Gasteiger partial charge in [-0.3, -0.25) is 9.63 Å². The smallest absolute Gasteiger partial charge is 0.410 e. The molecule has 0 aromatic heterocycles. The number of ether oxygens (including phenoxy) is 1. The zero-order valence-corrected chi connectivity index (χ0v) is 13.9. The minimum atomic E-state index is -0.373. The lowest BCUT2D eigenvalue weighted by Crippen LogP contribution is -2.36. The van der Waals surface area contributed by atoms with E-state index in [0.717, 1.165) is 12.0 Å². The van der Waals surface area contributed by atoms with Crippen LogP contribution in [-0.4, -0.2) is 49.2 Å². The summed E-state index contributed by atoms with van der Waals surface area (Å²) in [4.78, 5) is 31.1. The molecule has 0 radical (unpaired) electrons. The fraction of sp³-hybridized carbons (Fsp3) is 0.529. The number of likely N-dealkylation sites (tertiary alicyclic amines) is 1. The molecule has 1 aliphatic heterocycles. The second-order valence-corrected chi connectivity index (χ2v) is 5.74. The number of benzene rings is 1. The van der Waals surface area contributed by atoms with E-state index < -0.39 is 0 Å². The summed E-state index contributed by atoms with van der Waals surface area (Å²) < 4.78 is 5.35. The number of nitrogens with zero attached hydrogens (tertiary/aromatic N) is 2. The summed E-state index contributed by atoms with van der Waals surface area (Å²) in [6, 6.07) is 9.54. The van der Waals surface area contributed by atoms with Crippen molar-refractivity contribution in [1.29, 1.82) is 0 Å². The van der Waals surface area contributed by atoms with Crippen LogP contribution in [0.4, 0.5) is 4.79 Å². The van der Waals surface area contributed by atoms with Gasteiger partial charge in [0.15, 0.2) is 0 Å². The van der Waals surface area contributed by atoms with E-state index in [1.54, 1.807) is 11.9 Å². The third-order valence-corrected chi connectivity index (χ3v) is 4.33. The van der Waals surface area contributed by atoms with E-state index >= 15 is 0 Å². The second kappa shape index (κ2) is 7.97. The number of carbonyl (C=O) groups excluding carboxylic acids is 2. The summed E-state index contributed by atoms with van der Waals surface area (Å²) in [7, 11) is 3.05. The average molecular weight is 320 g/mol. The molecule has 2 atom stereocenters. The molecule has 126 valence electrons. The van der Waals surface area contributed by atoms with Gasteiger partial charge >= 0.3 is 6.09 Å². The third-order valence-electron chi connectivity index (χ3n) is 4.33. The number of hydroxylamine groups is 2. The van der Waals surface area contributed by atoms with Crippen molar-refractivity contribution >= 4 is 12.0 Å². The van der Waals surface area contributed by atoms with E-state index in [-0.39, 0.29) is 30.4 Å². The molecule has 1 fully saturated rings. The molecule has 2 amide bonds. The first-order chi connectivity index (χ1) is 11.1. The molecular weight excluding hydrogens is 296 g/mol. The number of hydrogen-bond acceptors (Lipinski definition) is 4. The van der Waals surface area contributed by atoms with Crippen molar-refractivity contribution in [3.8, 4) is 0 Å². The predicted octanol–water partition coefficient (Wildman–Crippen LogP) is 2.30. The summed E-state index contributed by atoms with van der Waals surface area (Å²) in [6.45, 7) is 3.18. The average Bonchev–Trinajstić information content (AvgIpc) is 3.03. The van der Waals surface area contributed by atoms with Gasteiger partial charge in [-0.05, 0) is 11.5 Å². The zero-order chi connectivity index (χ0) is 16.8. The maximum atomic E-state index is 12.3. The van der Waals surface area contributed by atoms with E-state index in [4.69, 9.17) is 9.57 Å². The van der Waals surface area contributed by atoms with Gasteiger partial charge in [-0.1, -0.05) is 43.7 Å². The Morgan fingerprint density at radius 3 is 2.57 bits per heavy atom. The highest BCUT2D eigenvalue weighted by atomic mass is 16.7. The van der Waals surface area contributed by atoms with Crippen molar-refractivity contribution in [3.63, 3.8) is 0 Å². The van der Waals surface area contributed by atoms with Crippen LogP contribution in [0.2, 0.25) is 0 Å². The normalized spacial score (nSPS) is 20.4. The van der Waals surface area contributed by atoms with Crippen LogP contribution in [0.3, 0.4) is 0 Å². The van der Waals surface area contributed by atoms with Crippen molar-refractivity contribution in [2.24, 2.45) is 11.8 Å². The molecule has 1 aromatic carbocycles. The molecule has 1 unspecified atom stereocenters. The quantitative estimate of drug-likeness (QED) is 0.781. The molecule has 0 bridgehead atoms. The van der Waals surface area contributed by atoms with Gasteiger partial charge < -0.3 is 9.64 Å². The molecule has 0 N–H and O–H groups in total. The Morgan fingerprint density at radius 2 is 1.96 bits per heavy atom. The molecule has 0 saturated carbocycles.